The van der Waals surface area contributed by atoms with Crippen LogP contribution in [0.1, 0.15) is 12.8 Å². The van der Waals surface area contributed by atoms with Gasteiger partial charge in [0.2, 0.25) is 5.91 Å². The number of carbonyl (C=O) groups excluding carboxylic acids is 1. The van der Waals surface area contributed by atoms with E-state index in [2.05, 4.69) is 5.92 Å². The molecule has 0 radical (unpaired) electrons. The summed E-state index contributed by atoms with van der Waals surface area (Å²) >= 11 is 0. The van der Waals surface area contributed by atoms with Crippen molar-refractivity contribution in [2.24, 2.45) is 5.92 Å². The minimum absolute atomic E-state index is 0.196. The topological polar surface area (TPSA) is 74.7 Å². The number of carboxylic acid groups (broad SMARTS) is 1. The van der Waals surface area contributed by atoms with E-state index in [4.69, 9.17) is 11.5 Å². The molecular weight excluding hydrogens is 242 g/mol. The van der Waals surface area contributed by atoms with Crippen molar-refractivity contribution >= 4 is 22.7 Å². The summed E-state index contributed by atoms with van der Waals surface area (Å²) in [5.41, 5.74) is 0. The predicted octanol–water partition coefficient (Wildman–Crippen LogP) is -0.310. The van der Waals surface area contributed by atoms with Crippen LogP contribution in [0.25, 0.3) is 0 Å². The third-order valence-corrected chi connectivity index (χ3v) is 3.54. The summed E-state index contributed by atoms with van der Waals surface area (Å²) in [5.74, 6) is 1.22. The molecule has 5 nitrogen and oxygen atoms in total. The molecule has 0 saturated carbocycles. The van der Waals surface area contributed by atoms with Gasteiger partial charge in [-0.3, -0.25) is 9.00 Å². The molecule has 6 heteroatoms. The number of terminal acetylenes is 1. The molecule has 0 bridgehead atoms. The highest BCUT2D eigenvalue weighted by Crippen LogP contribution is 2.21. The van der Waals surface area contributed by atoms with Gasteiger partial charge < -0.3 is 10.0 Å². The van der Waals surface area contributed by atoms with Crippen LogP contribution in [-0.4, -0.2) is 50.7 Å². The summed E-state index contributed by atoms with van der Waals surface area (Å²) in [6.07, 6.45) is 7.14. The van der Waals surface area contributed by atoms with Crippen LogP contribution in [0, 0.1) is 18.3 Å². The number of amides is 1. The Bertz CT molecular complexity index is 387. The number of nitrogens with zero attached hydrogens (tertiary/aromatic N) is 1. The summed E-state index contributed by atoms with van der Waals surface area (Å²) in [7, 11) is -1.07. The fraction of sp³-hybridized carbons (Fsp3) is 0.636. The van der Waals surface area contributed by atoms with Gasteiger partial charge in [-0.05, 0) is 6.42 Å². The van der Waals surface area contributed by atoms with Crippen LogP contribution >= 0.6 is 0 Å². The zero-order valence-electron chi connectivity index (χ0n) is 9.59. The van der Waals surface area contributed by atoms with Crippen LogP contribution in [0.2, 0.25) is 0 Å². The fourth-order valence-corrected chi connectivity index (χ4v) is 2.39. The smallest absolute Gasteiger partial charge is 0.326 e. The second-order valence-electron chi connectivity index (χ2n) is 4.03. The number of rotatable bonds is 5. The van der Waals surface area contributed by atoms with E-state index in [1.165, 1.54) is 11.2 Å². The van der Waals surface area contributed by atoms with E-state index in [1.54, 1.807) is 0 Å². The number of hydrogen-bond donors (Lipinski definition) is 1. The van der Waals surface area contributed by atoms with Crippen LogP contribution in [0.5, 0.6) is 0 Å². The van der Waals surface area contributed by atoms with Crippen molar-refractivity contribution in [3.05, 3.63) is 0 Å². The van der Waals surface area contributed by atoms with Crippen molar-refractivity contribution in [1.29, 1.82) is 0 Å². The highest BCUT2D eigenvalue weighted by atomic mass is 32.2. The summed E-state index contributed by atoms with van der Waals surface area (Å²) < 4.78 is 11.0. The van der Waals surface area contributed by atoms with Gasteiger partial charge in [-0.1, -0.05) is 0 Å². The number of aliphatic carboxylic acids is 1. The second-order valence-corrected chi connectivity index (χ2v) is 5.59. The third-order valence-electron chi connectivity index (χ3n) is 2.73. The number of likely N-dealkylation sites (tertiary alicyclic amines) is 1. The van der Waals surface area contributed by atoms with Gasteiger partial charge in [0.05, 0.1) is 0 Å². The molecule has 1 saturated heterocycles. The first kappa shape index (κ1) is 13.7. The molecule has 2 unspecified atom stereocenters. The molecule has 1 aliphatic heterocycles. The van der Waals surface area contributed by atoms with Crippen molar-refractivity contribution in [1.82, 2.24) is 4.90 Å². The maximum atomic E-state index is 11.6. The van der Waals surface area contributed by atoms with Crippen molar-refractivity contribution in [3.63, 3.8) is 0 Å². The molecule has 1 N–H and O–H groups in total. The van der Waals surface area contributed by atoms with E-state index in [-0.39, 0.29) is 37.0 Å². The summed E-state index contributed by atoms with van der Waals surface area (Å²) in [6.45, 7) is 0.280. The highest BCUT2D eigenvalue weighted by Gasteiger charge is 2.36. The van der Waals surface area contributed by atoms with E-state index in [0.29, 0.717) is 0 Å². The van der Waals surface area contributed by atoms with Gasteiger partial charge in [-0.15, -0.1) is 12.3 Å². The lowest BCUT2D eigenvalue weighted by Crippen LogP contribution is -2.43. The van der Waals surface area contributed by atoms with E-state index in [9.17, 15) is 13.8 Å². The molecular formula is C11H15NO4S. The van der Waals surface area contributed by atoms with E-state index in [0.717, 1.165) is 0 Å². The maximum Gasteiger partial charge on any atom is 0.326 e. The average Bonchev–Trinajstić information content (AvgIpc) is 2.59. The standard InChI is InChI=1S/C11H15NO4S/c1-3-8-6-10(13)12(7-8)9(11(14)15)4-5-17(2)16/h1,8-9H,4-7H2,2H3,(H,14,15)/t8?,9-,17?/m0/s1. The van der Waals surface area contributed by atoms with Gasteiger partial charge in [0, 0.05) is 41.7 Å². The van der Waals surface area contributed by atoms with Crippen molar-refractivity contribution in [2.75, 3.05) is 18.6 Å². The fourth-order valence-electron chi connectivity index (χ4n) is 1.83. The normalized spacial score (nSPS) is 23.2. The van der Waals surface area contributed by atoms with Crippen LogP contribution < -0.4 is 0 Å². The first-order valence-corrected chi connectivity index (χ1v) is 6.96. The number of hydrogen-bond acceptors (Lipinski definition) is 3. The monoisotopic (exact) mass is 257 g/mol. The SMILES string of the molecule is C#CC1CC(=O)N([C@@H](CCS(C)=O)C(=O)O)C1. The summed E-state index contributed by atoms with van der Waals surface area (Å²) in [6, 6.07) is -0.912. The lowest BCUT2D eigenvalue weighted by Gasteiger charge is -2.23. The van der Waals surface area contributed by atoms with Gasteiger partial charge in [-0.25, -0.2) is 4.79 Å². The van der Waals surface area contributed by atoms with Crippen molar-refractivity contribution < 1.29 is 18.9 Å². The predicted molar refractivity (Wildman–Crippen MR) is 63.6 cm³/mol. The van der Waals surface area contributed by atoms with E-state index < -0.39 is 22.8 Å². The molecule has 0 aromatic heterocycles. The number of carbonyl (C=O) groups is 2. The Labute approximate surface area is 103 Å². The molecule has 94 valence electrons. The minimum atomic E-state index is -1.07. The Hall–Kier alpha value is -1.35. The van der Waals surface area contributed by atoms with E-state index >= 15 is 0 Å². The lowest BCUT2D eigenvalue weighted by molar-refractivity contribution is -0.148. The van der Waals surface area contributed by atoms with Gasteiger partial charge in [0.1, 0.15) is 6.04 Å². The Morgan fingerprint density at radius 2 is 2.41 bits per heavy atom. The van der Waals surface area contributed by atoms with Crippen LogP contribution in [0.3, 0.4) is 0 Å². The molecule has 1 heterocycles. The quantitative estimate of drug-likeness (QED) is 0.686. The first-order valence-electron chi connectivity index (χ1n) is 5.24. The van der Waals surface area contributed by atoms with Crippen molar-refractivity contribution in [2.45, 2.75) is 18.9 Å². The van der Waals surface area contributed by atoms with E-state index in [1.807, 2.05) is 0 Å². The highest BCUT2D eigenvalue weighted by molar-refractivity contribution is 7.84. The molecule has 0 aliphatic carbocycles. The Balaban J connectivity index is 2.71. The van der Waals surface area contributed by atoms with Crippen LogP contribution in [0.15, 0.2) is 0 Å². The Kier molecular flexibility index (Phi) is 4.70. The summed E-state index contributed by atoms with van der Waals surface area (Å²) in [5, 5.41) is 9.08. The molecule has 0 spiro atoms. The van der Waals surface area contributed by atoms with Gasteiger partial charge in [0.25, 0.3) is 0 Å². The molecule has 17 heavy (non-hydrogen) atoms. The molecule has 1 fully saturated rings. The van der Waals surface area contributed by atoms with Crippen LogP contribution in [-0.2, 0) is 20.4 Å². The van der Waals surface area contributed by atoms with Crippen LogP contribution in [0.4, 0.5) is 0 Å². The lowest BCUT2D eigenvalue weighted by atomic mass is 10.1. The molecule has 0 aromatic carbocycles. The number of carboxylic acids is 1. The zero-order chi connectivity index (χ0) is 13.0. The molecule has 0 aromatic rings. The Morgan fingerprint density at radius 3 is 2.82 bits per heavy atom. The van der Waals surface area contributed by atoms with Gasteiger partial charge in [-0.2, -0.15) is 0 Å². The largest absolute Gasteiger partial charge is 0.480 e. The molecule has 1 amide bonds. The van der Waals surface area contributed by atoms with Gasteiger partial charge >= 0.3 is 5.97 Å². The van der Waals surface area contributed by atoms with Crippen molar-refractivity contribution in [3.8, 4) is 12.3 Å². The Morgan fingerprint density at radius 1 is 1.76 bits per heavy atom. The average molecular weight is 257 g/mol. The van der Waals surface area contributed by atoms with Gasteiger partial charge in [0.15, 0.2) is 0 Å². The molecule has 1 rings (SSSR count). The second kappa shape index (κ2) is 5.82. The first-order chi connectivity index (χ1) is 7.95. The minimum Gasteiger partial charge on any atom is -0.480 e. The maximum absolute atomic E-state index is 11.6. The third kappa shape index (κ3) is 3.56. The molecule has 1 aliphatic rings. The zero-order valence-corrected chi connectivity index (χ0v) is 10.4. The summed E-state index contributed by atoms with van der Waals surface area (Å²) in [4.78, 5) is 24.0. The molecule has 3 atom stereocenters.